The first-order valence-corrected chi connectivity index (χ1v) is 7.29. The second kappa shape index (κ2) is 8.42. The molecule has 21 heavy (non-hydrogen) atoms. The second-order valence-corrected chi connectivity index (χ2v) is 4.88. The molecule has 2 bridgehead atoms. The number of benzene rings is 1. The van der Waals surface area contributed by atoms with E-state index in [0.29, 0.717) is 37.2 Å². The summed E-state index contributed by atoms with van der Waals surface area (Å²) in [6.07, 6.45) is 3.96. The highest BCUT2D eigenvalue weighted by atomic mass is 16.5. The molecule has 0 atom stereocenters. The third-order valence-corrected chi connectivity index (χ3v) is 3.19. The molecule has 1 aromatic carbocycles. The summed E-state index contributed by atoms with van der Waals surface area (Å²) in [5, 5.41) is 0. The molecule has 0 saturated carbocycles. The van der Waals surface area contributed by atoms with Crippen molar-refractivity contribution in [3.63, 3.8) is 0 Å². The maximum atomic E-state index is 11.5. The largest absolute Gasteiger partial charge is 0.462 e. The minimum Gasteiger partial charge on any atom is -0.462 e. The number of fused-ring (bicyclic) bond motifs is 9. The van der Waals surface area contributed by atoms with E-state index in [0.717, 1.165) is 13.2 Å². The van der Waals surface area contributed by atoms with Crippen LogP contribution in [0.15, 0.2) is 24.3 Å². The number of ether oxygens (including phenoxy) is 3. The van der Waals surface area contributed by atoms with Crippen LogP contribution in [-0.4, -0.2) is 38.4 Å². The third kappa shape index (κ3) is 5.19. The van der Waals surface area contributed by atoms with E-state index >= 15 is 0 Å². The Morgan fingerprint density at radius 2 is 1.00 bits per heavy atom. The minimum absolute atomic E-state index is 0.347. The van der Waals surface area contributed by atoms with Crippen molar-refractivity contribution in [3.8, 4) is 0 Å². The summed E-state index contributed by atoms with van der Waals surface area (Å²) in [4.78, 5) is 23.0. The summed E-state index contributed by atoms with van der Waals surface area (Å²) < 4.78 is 15.0. The zero-order chi connectivity index (χ0) is 14.9. The molecule has 0 spiro atoms. The van der Waals surface area contributed by atoms with Crippen LogP contribution in [0.5, 0.6) is 0 Å². The normalized spacial score (nSPS) is 18.7. The van der Waals surface area contributed by atoms with Gasteiger partial charge >= 0.3 is 11.9 Å². The van der Waals surface area contributed by atoms with Crippen molar-refractivity contribution >= 4 is 11.9 Å². The molecule has 114 valence electrons. The van der Waals surface area contributed by atoms with Gasteiger partial charge in [-0.3, -0.25) is 0 Å². The fraction of sp³-hybridized carbons (Fsp3) is 0.500. The van der Waals surface area contributed by atoms with Gasteiger partial charge in [-0.2, -0.15) is 0 Å². The molecule has 1 saturated heterocycles. The van der Waals surface area contributed by atoms with Gasteiger partial charge in [-0.1, -0.05) is 0 Å². The van der Waals surface area contributed by atoms with E-state index in [2.05, 4.69) is 0 Å². The van der Waals surface area contributed by atoms with Crippen molar-refractivity contribution in [2.45, 2.75) is 25.7 Å². The van der Waals surface area contributed by atoms with Crippen LogP contribution < -0.4 is 0 Å². The lowest BCUT2D eigenvalue weighted by molar-refractivity contribution is 0.0427. The Balaban J connectivity index is 0.000000272. The van der Waals surface area contributed by atoms with Gasteiger partial charge in [0.1, 0.15) is 0 Å². The molecule has 1 aromatic rings. The SMILES string of the molecule is C1CCOC1.O=C1OCCCCOC(=O)c2ccc1cc2. The van der Waals surface area contributed by atoms with Gasteiger partial charge in [0.2, 0.25) is 0 Å². The van der Waals surface area contributed by atoms with E-state index in [1.807, 2.05) is 0 Å². The lowest BCUT2D eigenvalue weighted by Crippen LogP contribution is -2.12. The quantitative estimate of drug-likeness (QED) is 0.688. The average Bonchev–Trinajstić information content (AvgIpc) is 3.09. The van der Waals surface area contributed by atoms with E-state index in [1.165, 1.54) is 12.8 Å². The van der Waals surface area contributed by atoms with Crippen LogP contribution in [0.3, 0.4) is 0 Å². The van der Waals surface area contributed by atoms with Crippen molar-refractivity contribution < 1.29 is 23.8 Å². The molecule has 3 aliphatic heterocycles. The maximum absolute atomic E-state index is 11.5. The predicted molar refractivity (Wildman–Crippen MR) is 76.3 cm³/mol. The first-order chi connectivity index (χ1) is 10.3. The van der Waals surface area contributed by atoms with E-state index in [-0.39, 0.29) is 11.9 Å². The summed E-state index contributed by atoms with van der Waals surface area (Å²) in [5.74, 6) is -0.694. The fourth-order valence-electron chi connectivity index (χ4n) is 1.95. The molecule has 0 amide bonds. The standard InChI is InChI=1S/C12H12O4.C4H8O/c13-11-9-3-5-10(6-4-9)12(14)16-8-2-1-7-15-11;1-2-4-5-3-1/h3-6H,1-2,7-8H2;1-4H2. The molecule has 0 N–H and O–H groups in total. The lowest BCUT2D eigenvalue weighted by Gasteiger charge is -2.09. The van der Waals surface area contributed by atoms with Gasteiger partial charge in [-0.25, -0.2) is 9.59 Å². The molecule has 3 heterocycles. The van der Waals surface area contributed by atoms with E-state index in [1.54, 1.807) is 24.3 Å². The number of hydrogen-bond donors (Lipinski definition) is 0. The number of esters is 2. The number of carbonyl (C=O) groups excluding carboxylic acids is 2. The topological polar surface area (TPSA) is 61.8 Å². The molecular weight excluding hydrogens is 272 g/mol. The van der Waals surface area contributed by atoms with E-state index in [9.17, 15) is 9.59 Å². The predicted octanol–water partition coefficient (Wildman–Crippen LogP) is 2.59. The Morgan fingerprint density at radius 3 is 1.33 bits per heavy atom. The van der Waals surface area contributed by atoms with Gasteiger partial charge in [-0.15, -0.1) is 0 Å². The lowest BCUT2D eigenvalue weighted by atomic mass is 10.1. The summed E-state index contributed by atoms with van der Waals surface area (Å²) in [5.41, 5.74) is 0.911. The Hall–Kier alpha value is -1.88. The highest BCUT2D eigenvalue weighted by molar-refractivity contribution is 5.93. The van der Waals surface area contributed by atoms with Crippen LogP contribution >= 0.6 is 0 Å². The van der Waals surface area contributed by atoms with Gasteiger partial charge in [0.25, 0.3) is 0 Å². The fourth-order valence-corrected chi connectivity index (χ4v) is 1.95. The highest BCUT2D eigenvalue weighted by Crippen LogP contribution is 2.09. The van der Waals surface area contributed by atoms with Gasteiger partial charge in [0.05, 0.1) is 24.3 Å². The summed E-state index contributed by atoms with van der Waals surface area (Å²) in [6, 6.07) is 6.28. The van der Waals surface area contributed by atoms with Crippen LogP contribution in [0, 0.1) is 0 Å². The van der Waals surface area contributed by atoms with Crippen LogP contribution in [0.1, 0.15) is 46.4 Å². The maximum Gasteiger partial charge on any atom is 0.338 e. The first kappa shape index (κ1) is 15.5. The number of hydrogen-bond acceptors (Lipinski definition) is 5. The molecule has 0 radical (unpaired) electrons. The molecular formula is C16H20O5. The van der Waals surface area contributed by atoms with Crippen LogP contribution in [-0.2, 0) is 14.2 Å². The molecule has 3 aliphatic rings. The Bertz CT molecular complexity index is 415. The Kier molecular flexibility index (Phi) is 6.22. The number of rotatable bonds is 0. The van der Waals surface area contributed by atoms with E-state index < -0.39 is 0 Å². The van der Waals surface area contributed by atoms with Gasteiger partial charge < -0.3 is 14.2 Å². The molecule has 0 unspecified atom stereocenters. The van der Waals surface area contributed by atoms with Crippen LogP contribution in [0.2, 0.25) is 0 Å². The van der Waals surface area contributed by atoms with Crippen molar-refractivity contribution in [3.05, 3.63) is 35.4 Å². The molecule has 5 heteroatoms. The molecule has 4 rings (SSSR count). The molecule has 0 aromatic heterocycles. The van der Waals surface area contributed by atoms with Crippen LogP contribution in [0.25, 0.3) is 0 Å². The monoisotopic (exact) mass is 292 g/mol. The minimum atomic E-state index is -0.347. The summed E-state index contributed by atoms with van der Waals surface area (Å²) in [6.45, 7) is 2.72. The average molecular weight is 292 g/mol. The van der Waals surface area contributed by atoms with Crippen molar-refractivity contribution in [1.82, 2.24) is 0 Å². The summed E-state index contributed by atoms with van der Waals surface area (Å²) >= 11 is 0. The van der Waals surface area contributed by atoms with Gasteiger partial charge in [-0.05, 0) is 49.9 Å². The second-order valence-electron chi connectivity index (χ2n) is 4.88. The Labute approximate surface area is 124 Å². The molecule has 0 aliphatic carbocycles. The summed E-state index contributed by atoms with van der Waals surface area (Å²) in [7, 11) is 0. The zero-order valence-corrected chi connectivity index (χ0v) is 12.0. The van der Waals surface area contributed by atoms with Gasteiger partial charge in [0, 0.05) is 13.2 Å². The van der Waals surface area contributed by atoms with Crippen molar-refractivity contribution in [2.24, 2.45) is 0 Å². The molecule has 1 fully saturated rings. The third-order valence-electron chi connectivity index (χ3n) is 3.19. The zero-order valence-electron chi connectivity index (χ0n) is 12.0. The van der Waals surface area contributed by atoms with E-state index in [4.69, 9.17) is 14.2 Å². The smallest absolute Gasteiger partial charge is 0.338 e. The van der Waals surface area contributed by atoms with Crippen molar-refractivity contribution in [2.75, 3.05) is 26.4 Å². The van der Waals surface area contributed by atoms with Crippen molar-refractivity contribution in [1.29, 1.82) is 0 Å². The first-order valence-electron chi connectivity index (χ1n) is 7.29. The highest BCUT2D eigenvalue weighted by Gasteiger charge is 2.12. The van der Waals surface area contributed by atoms with Gasteiger partial charge in [0.15, 0.2) is 0 Å². The number of carbonyl (C=O) groups is 2. The molecule has 5 nitrogen and oxygen atoms in total. The Morgan fingerprint density at radius 1 is 0.619 bits per heavy atom. The van der Waals surface area contributed by atoms with Crippen LogP contribution in [0.4, 0.5) is 0 Å².